The molecule has 104 valence electrons. The molecule has 0 saturated carbocycles. The average molecular weight is 245 g/mol. The average Bonchev–Trinajstić information content (AvgIpc) is 2.33. The van der Waals surface area contributed by atoms with Gasteiger partial charge in [0.2, 0.25) is 0 Å². The first kappa shape index (κ1) is 16.8. The molecular weight excluding hydrogens is 214 g/mol. The van der Waals surface area contributed by atoms with Crippen LogP contribution >= 0.6 is 0 Å². The van der Waals surface area contributed by atoms with Crippen LogP contribution in [-0.2, 0) is 0 Å². The Morgan fingerprint density at radius 3 is 2.18 bits per heavy atom. The van der Waals surface area contributed by atoms with Crippen LogP contribution < -0.4 is 5.32 Å². The molecule has 1 unspecified atom stereocenters. The molecule has 0 aliphatic carbocycles. The van der Waals surface area contributed by atoms with Crippen LogP contribution in [-0.4, -0.2) is 74.9 Å². The highest BCUT2D eigenvalue weighted by molar-refractivity contribution is 4.84. The fraction of sp³-hybridized carbons (Fsp3) is 1.00. The van der Waals surface area contributed by atoms with Gasteiger partial charge in [-0.15, -0.1) is 0 Å². The smallest absolute Gasteiger partial charge is 0.0613 e. The van der Waals surface area contributed by atoms with Crippen LogP contribution in [0.5, 0.6) is 0 Å². The zero-order chi connectivity index (χ0) is 13.3. The van der Waals surface area contributed by atoms with Gasteiger partial charge >= 0.3 is 0 Å². The predicted molar refractivity (Wildman–Crippen MR) is 74.5 cm³/mol. The molecule has 0 aromatic heterocycles. The van der Waals surface area contributed by atoms with Crippen molar-refractivity contribution in [2.45, 2.75) is 31.7 Å². The van der Waals surface area contributed by atoms with Crippen molar-refractivity contribution in [1.29, 1.82) is 0 Å². The molecule has 0 heterocycles. The maximum absolute atomic E-state index is 9.44. The lowest BCUT2D eigenvalue weighted by atomic mass is 9.91. The minimum atomic E-state index is -0.0810. The zero-order valence-corrected chi connectivity index (χ0v) is 12.3. The van der Waals surface area contributed by atoms with Gasteiger partial charge in [-0.25, -0.2) is 0 Å². The van der Waals surface area contributed by atoms with E-state index in [2.05, 4.69) is 43.2 Å². The lowest BCUT2D eigenvalue weighted by Gasteiger charge is -2.31. The highest BCUT2D eigenvalue weighted by Gasteiger charge is 2.24. The summed E-state index contributed by atoms with van der Waals surface area (Å²) in [5.74, 6) is 0. The van der Waals surface area contributed by atoms with Gasteiger partial charge in [-0.05, 0) is 54.0 Å². The van der Waals surface area contributed by atoms with Crippen molar-refractivity contribution >= 4 is 0 Å². The van der Waals surface area contributed by atoms with Gasteiger partial charge in [-0.2, -0.15) is 0 Å². The summed E-state index contributed by atoms with van der Waals surface area (Å²) >= 11 is 0. The second kappa shape index (κ2) is 8.86. The van der Waals surface area contributed by atoms with E-state index in [1.54, 1.807) is 0 Å². The Morgan fingerprint density at radius 2 is 1.76 bits per heavy atom. The Bertz CT molecular complexity index is 173. The van der Waals surface area contributed by atoms with Crippen molar-refractivity contribution in [1.82, 2.24) is 15.1 Å². The molecule has 0 aromatic carbocycles. The van der Waals surface area contributed by atoms with E-state index in [4.69, 9.17) is 0 Å². The molecule has 4 nitrogen and oxygen atoms in total. The van der Waals surface area contributed by atoms with Crippen molar-refractivity contribution in [2.24, 2.45) is 0 Å². The number of nitrogens with one attached hydrogen (secondary N) is 1. The van der Waals surface area contributed by atoms with E-state index in [1.807, 2.05) is 7.05 Å². The first-order valence-electron chi connectivity index (χ1n) is 6.62. The Labute approximate surface area is 107 Å². The van der Waals surface area contributed by atoms with Gasteiger partial charge in [0.1, 0.15) is 0 Å². The van der Waals surface area contributed by atoms with E-state index in [0.29, 0.717) is 0 Å². The number of likely N-dealkylation sites (N-methyl/N-ethyl adjacent to an activating group) is 3. The number of hydrogen-bond acceptors (Lipinski definition) is 4. The van der Waals surface area contributed by atoms with Gasteiger partial charge in [0, 0.05) is 18.6 Å². The highest BCUT2D eigenvalue weighted by Crippen LogP contribution is 2.16. The molecule has 0 rings (SSSR count). The Morgan fingerprint density at radius 1 is 1.12 bits per heavy atom. The molecule has 1 atom stereocenters. The van der Waals surface area contributed by atoms with Crippen molar-refractivity contribution in [3.05, 3.63) is 0 Å². The van der Waals surface area contributed by atoms with Crippen molar-refractivity contribution in [3.63, 3.8) is 0 Å². The summed E-state index contributed by atoms with van der Waals surface area (Å²) in [5, 5.41) is 12.7. The van der Waals surface area contributed by atoms with Crippen LogP contribution in [0.2, 0.25) is 0 Å². The Balaban J connectivity index is 3.80. The third-order valence-corrected chi connectivity index (χ3v) is 3.63. The molecule has 0 fully saturated rings. The Hall–Kier alpha value is -0.160. The second-order valence-corrected chi connectivity index (χ2v) is 5.25. The van der Waals surface area contributed by atoms with Crippen molar-refractivity contribution in [2.75, 3.05) is 54.4 Å². The molecule has 0 spiro atoms. The predicted octanol–water partition coefficient (Wildman–Crippen LogP) is 0.621. The molecule has 2 N–H and O–H groups in total. The third kappa shape index (κ3) is 6.99. The number of aliphatic hydroxyl groups is 1. The monoisotopic (exact) mass is 245 g/mol. The van der Waals surface area contributed by atoms with E-state index in [1.165, 1.54) is 0 Å². The first-order valence-corrected chi connectivity index (χ1v) is 6.62. The first-order chi connectivity index (χ1) is 7.99. The lowest BCUT2D eigenvalue weighted by Crippen LogP contribution is -2.46. The number of nitrogens with zero attached hydrogens (tertiary/aromatic N) is 2. The number of hydrogen-bond donors (Lipinski definition) is 2. The third-order valence-electron chi connectivity index (χ3n) is 3.63. The van der Waals surface area contributed by atoms with Crippen LogP contribution in [0.1, 0.15) is 26.2 Å². The van der Waals surface area contributed by atoms with Gasteiger partial charge in [0.15, 0.2) is 0 Å². The lowest BCUT2D eigenvalue weighted by molar-refractivity contribution is 0.147. The summed E-state index contributed by atoms with van der Waals surface area (Å²) in [6, 6.07) is 0. The molecule has 0 aliphatic rings. The van der Waals surface area contributed by atoms with Gasteiger partial charge in [-0.3, -0.25) is 0 Å². The molecule has 0 amide bonds. The SMILES string of the molecule is CCC(CO)(CCCN(C)CCN(C)C)NC. The van der Waals surface area contributed by atoms with E-state index in [0.717, 1.165) is 38.9 Å². The van der Waals surface area contributed by atoms with Crippen molar-refractivity contribution < 1.29 is 5.11 Å². The summed E-state index contributed by atoms with van der Waals surface area (Å²) in [7, 11) is 8.30. The van der Waals surface area contributed by atoms with E-state index in [9.17, 15) is 5.11 Å². The molecule has 0 radical (unpaired) electrons. The number of aliphatic hydroxyl groups excluding tert-OH is 1. The Kier molecular flexibility index (Phi) is 8.78. The minimum absolute atomic E-state index is 0.0810. The fourth-order valence-corrected chi connectivity index (χ4v) is 1.92. The molecule has 17 heavy (non-hydrogen) atoms. The summed E-state index contributed by atoms with van der Waals surface area (Å²) in [4.78, 5) is 4.56. The second-order valence-electron chi connectivity index (χ2n) is 5.25. The van der Waals surface area contributed by atoms with Crippen LogP contribution in [0.4, 0.5) is 0 Å². The molecule has 0 bridgehead atoms. The van der Waals surface area contributed by atoms with E-state index >= 15 is 0 Å². The summed E-state index contributed by atoms with van der Waals surface area (Å²) in [5.41, 5.74) is -0.0810. The van der Waals surface area contributed by atoms with Crippen LogP contribution in [0.25, 0.3) is 0 Å². The van der Waals surface area contributed by atoms with Crippen LogP contribution in [0.15, 0.2) is 0 Å². The van der Waals surface area contributed by atoms with E-state index in [-0.39, 0.29) is 12.1 Å². The number of rotatable bonds is 10. The van der Waals surface area contributed by atoms with Gasteiger partial charge in [0.05, 0.1) is 6.61 Å². The quantitative estimate of drug-likeness (QED) is 0.592. The van der Waals surface area contributed by atoms with Crippen LogP contribution in [0, 0.1) is 0 Å². The molecule has 0 saturated heterocycles. The largest absolute Gasteiger partial charge is 0.394 e. The topological polar surface area (TPSA) is 38.7 Å². The molecule has 0 aromatic rings. The van der Waals surface area contributed by atoms with E-state index < -0.39 is 0 Å². The zero-order valence-electron chi connectivity index (χ0n) is 12.3. The summed E-state index contributed by atoms with van der Waals surface area (Å²) < 4.78 is 0. The van der Waals surface area contributed by atoms with Crippen LogP contribution in [0.3, 0.4) is 0 Å². The maximum Gasteiger partial charge on any atom is 0.0613 e. The normalized spacial score (nSPS) is 15.5. The van der Waals surface area contributed by atoms with Gasteiger partial charge in [0.25, 0.3) is 0 Å². The summed E-state index contributed by atoms with van der Waals surface area (Å²) in [6.45, 7) is 5.65. The highest BCUT2D eigenvalue weighted by atomic mass is 16.3. The molecular formula is C13H31N3O. The maximum atomic E-state index is 9.44. The minimum Gasteiger partial charge on any atom is -0.394 e. The fourth-order valence-electron chi connectivity index (χ4n) is 1.92. The van der Waals surface area contributed by atoms with Gasteiger partial charge in [-0.1, -0.05) is 6.92 Å². The molecule has 0 aliphatic heterocycles. The standard InChI is InChI=1S/C13H31N3O/c1-6-13(12-17,14-2)8-7-9-16(5)11-10-15(3)4/h14,17H,6-12H2,1-5H3. The van der Waals surface area contributed by atoms with Gasteiger partial charge < -0.3 is 20.2 Å². The van der Waals surface area contributed by atoms with Crippen molar-refractivity contribution in [3.8, 4) is 0 Å². The molecule has 4 heteroatoms. The summed E-state index contributed by atoms with van der Waals surface area (Å²) in [6.07, 6.45) is 3.13.